The molecule has 0 aliphatic heterocycles. The van der Waals surface area contributed by atoms with Crippen molar-refractivity contribution >= 4 is 5.78 Å². The van der Waals surface area contributed by atoms with Crippen molar-refractivity contribution in [3.8, 4) is 5.75 Å². The monoisotopic (exact) mass is 250 g/mol. The summed E-state index contributed by atoms with van der Waals surface area (Å²) < 4.78 is 5.14. The third-order valence-corrected chi connectivity index (χ3v) is 3.19. The molecule has 1 rings (SSSR count). The lowest BCUT2D eigenvalue weighted by Gasteiger charge is -2.13. The van der Waals surface area contributed by atoms with Gasteiger partial charge in [0.25, 0.3) is 0 Å². The van der Waals surface area contributed by atoms with Crippen LogP contribution in [0.2, 0.25) is 0 Å². The van der Waals surface area contributed by atoms with Gasteiger partial charge in [-0.25, -0.2) is 4.98 Å². The average molecular weight is 250 g/mol. The van der Waals surface area contributed by atoms with Crippen LogP contribution < -0.4 is 10.5 Å². The van der Waals surface area contributed by atoms with Gasteiger partial charge in [-0.3, -0.25) is 4.79 Å². The third kappa shape index (κ3) is 4.11. The zero-order chi connectivity index (χ0) is 13.4. The SMILES string of the molecule is CCC(CCN)CCC(=O)c1ncccc1OC. The maximum absolute atomic E-state index is 12.1. The van der Waals surface area contributed by atoms with Crippen LogP contribution >= 0.6 is 0 Å². The summed E-state index contributed by atoms with van der Waals surface area (Å²) >= 11 is 0. The Balaban J connectivity index is 2.59. The Morgan fingerprint density at radius 3 is 2.89 bits per heavy atom. The summed E-state index contributed by atoms with van der Waals surface area (Å²) in [6.45, 7) is 2.81. The average Bonchev–Trinajstić information content (AvgIpc) is 2.42. The number of Topliss-reactive ketones (excluding diaryl/α,β-unsaturated/α-hetero) is 1. The highest BCUT2D eigenvalue weighted by molar-refractivity contribution is 5.96. The molecule has 100 valence electrons. The Hall–Kier alpha value is -1.42. The number of ketones is 1. The summed E-state index contributed by atoms with van der Waals surface area (Å²) in [5.74, 6) is 1.12. The molecular weight excluding hydrogens is 228 g/mol. The number of carbonyl (C=O) groups excluding carboxylic acids is 1. The third-order valence-electron chi connectivity index (χ3n) is 3.19. The standard InChI is InChI=1S/C14H22N2O2/c1-3-11(8-9-15)6-7-12(17)14-13(18-2)5-4-10-16-14/h4-5,10-11H,3,6-9,15H2,1-2H3. The van der Waals surface area contributed by atoms with Crippen LogP contribution in [0, 0.1) is 5.92 Å². The zero-order valence-electron chi connectivity index (χ0n) is 11.2. The van der Waals surface area contributed by atoms with Gasteiger partial charge in [0.1, 0.15) is 11.4 Å². The van der Waals surface area contributed by atoms with Gasteiger partial charge in [-0.05, 0) is 37.4 Å². The first-order valence-corrected chi connectivity index (χ1v) is 6.45. The van der Waals surface area contributed by atoms with E-state index in [4.69, 9.17) is 10.5 Å². The predicted molar refractivity (Wildman–Crippen MR) is 71.8 cm³/mol. The Morgan fingerprint density at radius 2 is 2.28 bits per heavy atom. The highest BCUT2D eigenvalue weighted by Crippen LogP contribution is 2.20. The number of nitrogens with two attached hydrogens (primary N) is 1. The van der Waals surface area contributed by atoms with Gasteiger partial charge < -0.3 is 10.5 Å². The number of nitrogens with zero attached hydrogens (tertiary/aromatic N) is 1. The molecule has 0 saturated heterocycles. The zero-order valence-corrected chi connectivity index (χ0v) is 11.2. The van der Waals surface area contributed by atoms with Crippen LogP contribution in [0.25, 0.3) is 0 Å². The number of rotatable bonds is 8. The summed E-state index contributed by atoms with van der Waals surface area (Å²) in [6.07, 6.45) is 5.03. The Labute approximate surface area is 109 Å². The molecule has 4 nitrogen and oxygen atoms in total. The Kier molecular flexibility index (Phi) is 6.36. The van der Waals surface area contributed by atoms with E-state index in [2.05, 4.69) is 11.9 Å². The fraction of sp³-hybridized carbons (Fsp3) is 0.571. The van der Waals surface area contributed by atoms with Crippen molar-refractivity contribution in [3.63, 3.8) is 0 Å². The molecule has 0 spiro atoms. The second-order valence-corrected chi connectivity index (χ2v) is 4.37. The molecule has 18 heavy (non-hydrogen) atoms. The van der Waals surface area contributed by atoms with Crippen molar-refractivity contribution < 1.29 is 9.53 Å². The van der Waals surface area contributed by atoms with Crippen LogP contribution in [0.3, 0.4) is 0 Å². The Morgan fingerprint density at radius 1 is 1.50 bits per heavy atom. The van der Waals surface area contributed by atoms with Gasteiger partial charge in [0.05, 0.1) is 7.11 Å². The molecule has 2 N–H and O–H groups in total. The number of pyridine rings is 1. The molecule has 0 radical (unpaired) electrons. The van der Waals surface area contributed by atoms with Gasteiger partial charge in [0.2, 0.25) is 0 Å². The van der Waals surface area contributed by atoms with Gasteiger partial charge in [-0.1, -0.05) is 13.3 Å². The van der Waals surface area contributed by atoms with Gasteiger partial charge in [-0.15, -0.1) is 0 Å². The first-order valence-electron chi connectivity index (χ1n) is 6.45. The number of carbonyl (C=O) groups is 1. The molecule has 0 fully saturated rings. The molecule has 0 saturated carbocycles. The maximum atomic E-state index is 12.1. The second kappa shape index (κ2) is 7.82. The summed E-state index contributed by atoms with van der Waals surface area (Å²) in [4.78, 5) is 16.2. The van der Waals surface area contributed by atoms with E-state index in [9.17, 15) is 4.79 Å². The van der Waals surface area contributed by atoms with Crippen LogP contribution in [0.4, 0.5) is 0 Å². The summed E-state index contributed by atoms with van der Waals surface area (Å²) in [5, 5.41) is 0. The highest BCUT2D eigenvalue weighted by atomic mass is 16.5. The minimum Gasteiger partial charge on any atom is -0.494 e. The number of hydrogen-bond donors (Lipinski definition) is 1. The maximum Gasteiger partial charge on any atom is 0.184 e. The smallest absolute Gasteiger partial charge is 0.184 e. The lowest BCUT2D eigenvalue weighted by molar-refractivity contribution is 0.0964. The summed E-state index contributed by atoms with van der Waals surface area (Å²) in [5.41, 5.74) is 5.98. The van der Waals surface area contributed by atoms with Crippen LogP contribution in [-0.4, -0.2) is 24.4 Å². The Bertz CT molecular complexity index is 380. The van der Waals surface area contributed by atoms with E-state index in [1.165, 1.54) is 0 Å². The van der Waals surface area contributed by atoms with Crippen molar-refractivity contribution in [1.29, 1.82) is 0 Å². The van der Waals surface area contributed by atoms with Crippen LogP contribution in [0.1, 0.15) is 43.1 Å². The first-order chi connectivity index (χ1) is 8.72. The van der Waals surface area contributed by atoms with Crippen molar-refractivity contribution in [1.82, 2.24) is 4.98 Å². The molecule has 1 heterocycles. The molecular formula is C14H22N2O2. The van der Waals surface area contributed by atoms with E-state index in [1.54, 1.807) is 25.4 Å². The summed E-state index contributed by atoms with van der Waals surface area (Å²) in [7, 11) is 1.55. The van der Waals surface area contributed by atoms with Gasteiger partial charge in [0.15, 0.2) is 5.78 Å². The van der Waals surface area contributed by atoms with Crippen molar-refractivity contribution in [2.24, 2.45) is 11.7 Å². The largest absolute Gasteiger partial charge is 0.494 e. The van der Waals surface area contributed by atoms with Crippen molar-refractivity contribution in [3.05, 3.63) is 24.0 Å². The van der Waals surface area contributed by atoms with E-state index in [0.717, 1.165) is 19.3 Å². The van der Waals surface area contributed by atoms with Crippen LogP contribution in [0.15, 0.2) is 18.3 Å². The van der Waals surface area contributed by atoms with E-state index < -0.39 is 0 Å². The van der Waals surface area contributed by atoms with Crippen LogP contribution in [0.5, 0.6) is 5.75 Å². The second-order valence-electron chi connectivity index (χ2n) is 4.37. The van der Waals surface area contributed by atoms with Gasteiger partial charge in [0, 0.05) is 12.6 Å². The lowest BCUT2D eigenvalue weighted by atomic mass is 9.95. The number of ether oxygens (including phenoxy) is 1. The molecule has 1 atom stereocenters. The number of methoxy groups -OCH3 is 1. The van der Waals surface area contributed by atoms with E-state index >= 15 is 0 Å². The topological polar surface area (TPSA) is 65.2 Å². The molecule has 1 aromatic rings. The molecule has 0 amide bonds. The molecule has 1 unspecified atom stereocenters. The molecule has 0 aliphatic rings. The molecule has 0 bridgehead atoms. The van der Waals surface area contributed by atoms with E-state index in [1.807, 2.05) is 0 Å². The number of aromatic nitrogens is 1. The van der Waals surface area contributed by atoms with E-state index in [0.29, 0.717) is 30.3 Å². The fourth-order valence-electron chi connectivity index (χ4n) is 2.01. The molecule has 1 aromatic heterocycles. The highest BCUT2D eigenvalue weighted by Gasteiger charge is 2.15. The minimum absolute atomic E-state index is 0.0444. The van der Waals surface area contributed by atoms with E-state index in [-0.39, 0.29) is 5.78 Å². The molecule has 4 heteroatoms. The van der Waals surface area contributed by atoms with Crippen LogP contribution in [-0.2, 0) is 0 Å². The van der Waals surface area contributed by atoms with Crippen molar-refractivity contribution in [2.75, 3.05) is 13.7 Å². The van der Waals surface area contributed by atoms with Gasteiger partial charge >= 0.3 is 0 Å². The first kappa shape index (κ1) is 14.6. The van der Waals surface area contributed by atoms with Crippen molar-refractivity contribution in [2.45, 2.75) is 32.6 Å². The molecule has 0 aliphatic carbocycles. The summed E-state index contributed by atoms with van der Waals surface area (Å²) in [6, 6.07) is 3.52. The number of hydrogen-bond acceptors (Lipinski definition) is 4. The van der Waals surface area contributed by atoms with Gasteiger partial charge in [-0.2, -0.15) is 0 Å². The normalized spacial score (nSPS) is 12.2. The molecule has 0 aromatic carbocycles. The fourth-order valence-corrected chi connectivity index (χ4v) is 2.01. The minimum atomic E-state index is 0.0444. The quantitative estimate of drug-likeness (QED) is 0.720. The predicted octanol–water partition coefficient (Wildman–Crippen LogP) is 2.43. The lowest BCUT2D eigenvalue weighted by Crippen LogP contribution is -2.11.